The number of benzene rings is 1. The van der Waals surface area contributed by atoms with E-state index >= 15 is 0 Å². The number of nitrogens with one attached hydrogen (secondary N) is 1. The van der Waals surface area contributed by atoms with Crippen molar-refractivity contribution in [3.63, 3.8) is 0 Å². The molecule has 0 bridgehead atoms. The molecule has 0 aliphatic carbocycles. The van der Waals surface area contributed by atoms with Crippen LogP contribution in [0.4, 0.5) is 0 Å². The van der Waals surface area contributed by atoms with E-state index in [-0.39, 0.29) is 0 Å². The molecule has 2 rings (SSSR count). The number of rotatable bonds is 7. The van der Waals surface area contributed by atoms with Crippen LogP contribution in [0.3, 0.4) is 0 Å². The van der Waals surface area contributed by atoms with Crippen molar-refractivity contribution in [2.24, 2.45) is 0 Å². The predicted molar refractivity (Wildman–Crippen MR) is 86.8 cm³/mol. The molecule has 0 radical (unpaired) electrons. The van der Waals surface area contributed by atoms with Gasteiger partial charge < -0.3 is 10.1 Å². The minimum Gasteiger partial charge on any atom is -0.457 e. The molecule has 0 amide bonds. The third kappa shape index (κ3) is 4.30. The maximum atomic E-state index is 6.09. The summed E-state index contributed by atoms with van der Waals surface area (Å²) in [7, 11) is 0. The van der Waals surface area contributed by atoms with Gasteiger partial charge in [0.15, 0.2) is 0 Å². The lowest BCUT2D eigenvalue weighted by Gasteiger charge is -2.15. The van der Waals surface area contributed by atoms with Crippen molar-refractivity contribution in [3.8, 4) is 11.5 Å². The van der Waals surface area contributed by atoms with Gasteiger partial charge in [-0.1, -0.05) is 39.0 Å². The summed E-state index contributed by atoms with van der Waals surface area (Å²) in [6.45, 7) is 8.21. The summed E-state index contributed by atoms with van der Waals surface area (Å²) in [6, 6.07) is 12.2. The third-order valence-electron chi connectivity index (χ3n) is 3.63. The summed E-state index contributed by atoms with van der Waals surface area (Å²) in [6.07, 6.45) is 2.90. The fraction of sp³-hybridized carbons (Fsp3) is 0.389. The zero-order chi connectivity index (χ0) is 15.1. The van der Waals surface area contributed by atoms with Gasteiger partial charge in [-0.2, -0.15) is 0 Å². The highest BCUT2D eigenvalue weighted by atomic mass is 16.5. The minimum absolute atomic E-state index is 0.490. The molecule has 0 fully saturated rings. The highest BCUT2D eigenvalue weighted by molar-refractivity contribution is 5.39. The molecule has 3 nitrogen and oxygen atoms in total. The van der Waals surface area contributed by atoms with Gasteiger partial charge >= 0.3 is 0 Å². The third-order valence-corrected chi connectivity index (χ3v) is 3.63. The Kier molecular flexibility index (Phi) is 5.76. The van der Waals surface area contributed by atoms with Crippen LogP contribution in [0.5, 0.6) is 11.5 Å². The summed E-state index contributed by atoms with van der Waals surface area (Å²) in [5.74, 6) is 2.27. The Morgan fingerprint density at radius 2 is 2.00 bits per heavy atom. The standard InChI is InChI=1S/C18H24N2O/c1-4-14(3)17-8-6-7-9-18(17)21-16-10-11-20-15(12-16)13-19-5-2/h6-12,14,19H,4-5,13H2,1-3H3. The lowest BCUT2D eigenvalue weighted by molar-refractivity contribution is 0.468. The molecule has 1 heterocycles. The van der Waals surface area contributed by atoms with Crippen molar-refractivity contribution in [2.45, 2.75) is 39.7 Å². The van der Waals surface area contributed by atoms with Gasteiger partial charge in [-0.05, 0) is 36.6 Å². The van der Waals surface area contributed by atoms with E-state index in [1.165, 1.54) is 5.56 Å². The Morgan fingerprint density at radius 1 is 1.19 bits per heavy atom. The Balaban J connectivity index is 2.18. The first-order valence-corrected chi connectivity index (χ1v) is 7.67. The van der Waals surface area contributed by atoms with Crippen LogP contribution < -0.4 is 10.1 Å². The summed E-state index contributed by atoms with van der Waals surface area (Å²) >= 11 is 0. The average Bonchev–Trinajstić information content (AvgIpc) is 2.53. The minimum atomic E-state index is 0.490. The van der Waals surface area contributed by atoms with E-state index in [4.69, 9.17) is 4.74 Å². The first-order valence-electron chi connectivity index (χ1n) is 7.67. The van der Waals surface area contributed by atoms with E-state index in [1.807, 2.05) is 24.3 Å². The molecule has 1 unspecified atom stereocenters. The van der Waals surface area contributed by atoms with Crippen LogP contribution in [0.2, 0.25) is 0 Å². The van der Waals surface area contributed by atoms with Crippen LogP contribution in [0.1, 0.15) is 44.4 Å². The molecular formula is C18H24N2O. The van der Waals surface area contributed by atoms with Crippen LogP contribution in [-0.4, -0.2) is 11.5 Å². The molecule has 1 aromatic heterocycles. The summed E-state index contributed by atoms with van der Waals surface area (Å²) in [5.41, 5.74) is 2.25. The molecule has 3 heteroatoms. The lowest BCUT2D eigenvalue weighted by atomic mass is 9.98. The molecule has 2 aromatic rings. The highest BCUT2D eigenvalue weighted by Gasteiger charge is 2.10. The van der Waals surface area contributed by atoms with Crippen molar-refractivity contribution in [1.82, 2.24) is 10.3 Å². The topological polar surface area (TPSA) is 34.1 Å². The molecule has 1 N–H and O–H groups in total. The van der Waals surface area contributed by atoms with Gasteiger partial charge in [-0.15, -0.1) is 0 Å². The number of nitrogens with zero attached hydrogens (tertiary/aromatic N) is 1. The fourth-order valence-electron chi connectivity index (χ4n) is 2.20. The fourth-order valence-corrected chi connectivity index (χ4v) is 2.20. The number of hydrogen-bond donors (Lipinski definition) is 1. The number of para-hydroxylation sites is 1. The van der Waals surface area contributed by atoms with E-state index in [1.54, 1.807) is 6.20 Å². The number of aromatic nitrogens is 1. The molecule has 0 saturated carbocycles. The molecule has 0 spiro atoms. The van der Waals surface area contributed by atoms with Gasteiger partial charge in [0.1, 0.15) is 11.5 Å². The van der Waals surface area contributed by atoms with Crippen LogP contribution in [0.15, 0.2) is 42.6 Å². The average molecular weight is 284 g/mol. The molecule has 0 aliphatic heterocycles. The second-order valence-corrected chi connectivity index (χ2v) is 5.21. The second kappa shape index (κ2) is 7.79. The monoisotopic (exact) mass is 284 g/mol. The SMILES string of the molecule is CCNCc1cc(Oc2ccccc2C(C)CC)ccn1. The van der Waals surface area contributed by atoms with E-state index < -0.39 is 0 Å². The Hall–Kier alpha value is -1.87. The molecular weight excluding hydrogens is 260 g/mol. The zero-order valence-corrected chi connectivity index (χ0v) is 13.1. The second-order valence-electron chi connectivity index (χ2n) is 5.21. The summed E-state index contributed by atoms with van der Waals surface area (Å²) in [5, 5.41) is 3.28. The Bertz CT molecular complexity index is 569. The van der Waals surface area contributed by atoms with Crippen molar-refractivity contribution < 1.29 is 4.74 Å². The van der Waals surface area contributed by atoms with Gasteiger partial charge in [0.05, 0.1) is 5.69 Å². The van der Waals surface area contributed by atoms with Crippen LogP contribution in [0, 0.1) is 0 Å². The van der Waals surface area contributed by atoms with Crippen LogP contribution in [-0.2, 0) is 6.54 Å². The summed E-state index contributed by atoms with van der Waals surface area (Å²) in [4.78, 5) is 4.35. The molecule has 1 aromatic carbocycles. The van der Waals surface area contributed by atoms with Gasteiger partial charge in [0, 0.05) is 18.8 Å². The highest BCUT2D eigenvalue weighted by Crippen LogP contribution is 2.31. The zero-order valence-electron chi connectivity index (χ0n) is 13.1. The van der Waals surface area contributed by atoms with Crippen molar-refractivity contribution in [1.29, 1.82) is 0 Å². The predicted octanol–water partition coefficient (Wildman–Crippen LogP) is 4.50. The number of pyridine rings is 1. The Morgan fingerprint density at radius 3 is 2.76 bits per heavy atom. The molecule has 21 heavy (non-hydrogen) atoms. The molecule has 112 valence electrons. The van der Waals surface area contributed by atoms with Gasteiger partial charge in [-0.3, -0.25) is 4.98 Å². The largest absolute Gasteiger partial charge is 0.457 e. The van der Waals surface area contributed by atoms with Crippen LogP contribution in [0.25, 0.3) is 0 Å². The van der Waals surface area contributed by atoms with Crippen molar-refractivity contribution in [2.75, 3.05) is 6.54 Å². The quantitative estimate of drug-likeness (QED) is 0.813. The van der Waals surface area contributed by atoms with Crippen molar-refractivity contribution in [3.05, 3.63) is 53.9 Å². The summed E-state index contributed by atoms with van der Waals surface area (Å²) < 4.78 is 6.09. The Labute approximate surface area is 127 Å². The van der Waals surface area contributed by atoms with Crippen molar-refractivity contribution >= 4 is 0 Å². The maximum absolute atomic E-state index is 6.09. The number of ether oxygens (including phenoxy) is 1. The smallest absolute Gasteiger partial charge is 0.130 e. The first kappa shape index (κ1) is 15.5. The van der Waals surface area contributed by atoms with Gasteiger partial charge in [0.2, 0.25) is 0 Å². The van der Waals surface area contributed by atoms with E-state index in [0.717, 1.165) is 36.7 Å². The van der Waals surface area contributed by atoms with Gasteiger partial charge in [-0.25, -0.2) is 0 Å². The van der Waals surface area contributed by atoms with E-state index in [2.05, 4.69) is 43.2 Å². The molecule has 0 aliphatic rings. The molecule has 0 saturated heterocycles. The molecule has 1 atom stereocenters. The lowest BCUT2D eigenvalue weighted by Crippen LogP contribution is -2.12. The van der Waals surface area contributed by atoms with Crippen LogP contribution >= 0.6 is 0 Å². The van der Waals surface area contributed by atoms with E-state index in [0.29, 0.717) is 5.92 Å². The first-order chi connectivity index (χ1) is 10.2. The number of hydrogen-bond acceptors (Lipinski definition) is 3. The van der Waals surface area contributed by atoms with Gasteiger partial charge in [0.25, 0.3) is 0 Å². The maximum Gasteiger partial charge on any atom is 0.130 e. The normalized spacial score (nSPS) is 12.1. The van der Waals surface area contributed by atoms with E-state index in [9.17, 15) is 0 Å².